The molecule has 1 amide bonds. The fourth-order valence-corrected chi connectivity index (χ4v) is 4.10. The molecule has 2 aromatic rings. The second-order valence-corrected chi connectivity index (χ2v) is 8.98. The van der Waals surface area contributed by atoms with Crippen molar-refractivity contribution in [3.05, 3.63) is 85.3 Å². The first kappa shape index (κ1) is 27.4. The van der Waals surface area contributed by atoms with Crippen molar-refractivity contribution in [1.29, 1.82) is 0 Å². The Morgan fingerprint density at radius 3 is 2.27 bits per heavy atom. The van der Waals surface area contributed by atoms with Gasteiger partial charge < -0.3 is 5.32 Å². The molecule has 2 rings (SSSR count). The predicted octanol–water partition coefficient (Wildman–Crippen LogP) is 8.03. The van der Waals surface area contributed by atoms with Crippen molar-refractivity contribution in [3.63, 3.8) is 0 Å². The van der Waals surface area contributed by atoms with E-state index in [0.717, 1.165) is 18.2 Å². The third kappa shape index (κ3) is 7.88. The van der Waals surface area contributed by atoms with Crippen LogP contribution < -0.4 is 5.32 Å². The van der Waals surface area contributed by atoms with Gasteiger partial charge in [0.05, 0.1) is 21.0 Å². The van der Waals surface area contributed by atoms with Crippen LogP contribution in [0.3, 0.4) is 0 Å². The van der Waals surface area contributed by atoms with Gasteiger partial charge in [-0.1, -0.05) is 75.0 Å². The Hall–Kier alpha value is -1.80. The predicted molar refractivity (Wildman–Crippen MR) is 130 cm³/mol. The van der Waals surface area contributed by atoms with E-state index in [9.17, 15) is 22.8 Å². The molecular formula is C23H18BrCl3F3NO2. The van der Waals surface area contributed by atoms with Crippen molar-refractivity contribution >= 4 is 68.5 Å². The van der Waals surface area contributed by atoms with Gasteiger partial charge in [-0.05, 0) is 35.4 Å². The zero-order chi connectivity index (χ0) is 24.8. The molecule has 0 radical (unpaired) electrons. The lowest BCUT2D eigenvalue weighted by Gasteiger charge is -2.18. The number of hydrogen-bond acceptors (Lipinski definition) is 2. The highest BCUT2D eigenvalue weighted by Crippen LogP contribution is 2.41. The molecule has 0 bridgehead atoms. The Morgan fingerprint density at radius 2 is 1.73 bits per heavy atom. The van der Waals surface area contributed by atoms with Gasteiger partial charge in [-0.2, -0.15) is 13.2 Å². The molecule has 2 aromatic carbocycles. The standard InChI is InChI=1S/C23H18BrCl3F3NO2/c1-2-9-31-21(33)8-7-20(32)15-5-3-13(10-17(15)24)4-6-16(23(28,29)30)14-11-18(25)22(27)19(26)12-14/h2-6,10-12,16H,1,7-9H2,(H,31,33)/b6-4+. The van der Waals surface area contributed by atoms with Crippen LogP contribution >= 0.6 is 50.7 Å². The summed E-state index contributed by atoms with van der Waals surface area (Å²) in [5.74, 6) is -2.52. The fourth-order valence-electron chi connectivity index (χ4n) is 2.87. The van der Waals surface area contributed by atoms with Crippen LogP contribution in [-0.4, -0.2) is 24.4 Å². The molecule has 1 unspecified atom stereocenters. The highest BCUT2D eigenvalue weighted by Gasteiger charge is 2.39. The van der Waals surface area contributed by atoms with Gasteiger partial charge in [-0.15, -0.1) is 6.58 Å². The third-order valence-electron chi connectivity index (χ3n) is 4.52. The summed E-state index contributed by atoms with van der Waals surface area (Å²) in [7, 11) is 0. The molecule has 0 aromatic heterocycles. The zero-order valence-electron chi connectivity index (χ0n) is 17.0. The SMILES string of the molecule is C=CCNC(=O)CCC(=O)c1ccc(/C=C/C(c2cc(Cl)c(Cl)c(Cl)c2)C(F)(F)F)cc1Br. The molecule has 0 aliphatic rings. The van der Waals surface area contributed by atoms with E-state index in [0.29, 0.717) is 22.1 Å². The van der Waals surface area contributed by atoms with E-state index in [1.54, 1.807) is 0 Å². The number of rotatable bonds is 9. The number of carbonyl (C=O) groups excluding carboxylic acids is 2. The van der Waals surface area contributed by atoms with Crippen molar-refractivity contribution in [2.75, 3.05) is 6.54 Å². The van der Waals surface area contributed by atoms with Gasteiger partial charge in [0.1, 0.15) is 0 Å². The van der Waals surface area contributed by atoms with E-state index < -0.39 is 12.1 Å². The first-order chi connectivity index (χ1) is 15.4. The largest absolute Gasteiger partial charge is 0.399 e. The number of carbonyl (C=O) groups is 2. The molecule has 0 aliphatic carbocycles. The van der Waals surface area contributed by atoms with Crippen molar-refractivity contribution in [1.82, 2.24) is 5.32 Å². The third-order valence-corrected chi connectivity index (χ3v) is 6.37. The number of Topliss-reactive ketones (excluding diaryl/α,β-unsaturated/α-hetero) is 1. The van der Waals surface area contributed by atoms with Crippen LogP contribution in [0.4, 0.5) is 13.2 Å². The summed E-state index contributed by atoms with van der Waals surface area (Å²) >= 11 is 20.9. The molecule has 1 atom stereocenters. The number of allylic oxidation sites excluding steroid dienone is 1. The Kier molecular flexibility index (Phi) is 10.0. The van der Waals surface area contributed by atoms with E-state index in [4.69, 9.17) is 34.8 Å². The summed E-state index contributed by atoms with van der Waals surface area (Å²) in [6.45, 7) is 3.80. The quantitative estimate of drug-likeness (QED) is 0.185. The number of hydrogen-bond donors (Lipinski definition) is 1. The second kappa shape index (κ2) is 12.1. The van der Waals surface area contributed by atoms with Gasteiger partial charge in [0.15, 0.2) is 5.78 Å². The Balaban J connectivity index is 2.21. The van der Waals surface area contributed by atoms with Gasteiger partial charge in [0.2, 0.25) is 5.91 Å². The van der Waals surface area contributed by atoms with Gasteiger partial charge in [0, 0.05) is 29.4 Å². The highest BCUT2D eigenvalue weighted by atomic mass is 79.9. The molecule has 1 N–H and O–H groups in total. The molecule has 10 heteroatoms. The van der Waals surface area contributed by atoms with E-state index in [1.165, 1.54) is 30.4 Å². The molecular weight excluding hydrogens is 566 g/mol. The number of nitrogens with one attached hydrogen (secondary N) is 1. The lowest BCUT2D eigenvalue weighted by Crippen LogP contribution is -2.23. The van der Waals surface area contributed by atoms with Crippen LogP contribution in [-0.2, 0) is 4.79 Å². The average molecular weight is 584 g/mol. The molecule has 3 nitrogen and oxygen atoms in total. The van der Waals surface area contributed by atoms with Crippen molar-refractivity contribution < 1.29 is 22.8 Å². The molecule has 0 saturated carbocycles. The molecule has 0 spiro atoms. The Morgan fingerprint density at radius 1 is 1.09 bits per heavy atom. The fraction of sp³-hybridized carbons (Fsp3) is 0.217. The minimum Gasteiger partial charge on any atom is -0.353 e. The molecule has 0 aliphatic heterocycles. The van der Waals surface area contributed by atoms with Crippen molar-refractivity contribution in [3.8, 4) is 0 Å². The van der Waals surface area contributed by atoms with Gasteiger partial charge in [0.25, 0.3) is 0 Å². The highest BCUT2D eigenvalue weighted by molar-refractivity contribution is 9.10. The molecule has 33 heavy (non-hydrogen) atoms. The minimum absolute atomic E-state index is 0.00893. The number of benzene rings is 2. The topological polar surface area (TPSA) is 46.2 Å². The first-order valence-corrected chi connectivity index (χ1v) is 11.5. The van der Waals surface area contributed by atoms with Gasteiger partial charge in [-0.3, -0.25) is 9.59 Å². The molecule has 0 fully saturated rings. The zero-order valence-corrected chi connectivity index (χ0v) is 20.8. The lowest BCUT2D eigenvalue weighted by atomic mass is 9.96. The Bertz CT molecular complexity index is 1060. The van der Waals surface area contributed by atoms with E-state index in [1.807, 2.05) is 0 Å². The van der Waals surface area contributed by atoms with Crippen molar-refractivity contribution in [2.45, 2.75) is 24.9 Å². The summed E-state index contributed by atoms with van der Waals surface area (Å²) in [6.07, 6.45) is -0.803. The summed E-state index contributed by atoms with van der Waals surface area (Å²) in [5.41, 5.74) is 0.605. The van der Waals surface area contributed by atoms with Crippen LogP contribution in [0.5, 0.6) is 0 Å². The summed E-state index contributed by atoms with van der Waals surface area (Å²) in [6, 6.07) is 6.78. The maximum absolute atomic E-state index is 13.7. The Labute approximate surface area is 212 Å². The average Bonchev–Trinajstić information content (AvgIpc) is 2.73. The van der Waals surface area contributed by atoms with Crippen LogP contribution in [0.15, 0.2) is 53.5 Å². The minimum atomic E-state index is -4.60. The van der Waals surface area contributed by atoms with Crippen LogP contribution in [0, 0.1) is 0 Å². The molecule has 176 valence electrons. The van der Waals surface area contributed by atoms with Crippen LogP contribution in [0.25, 0.3) is 6.08 Å². The number of amides is 1. The number of halogens is 7. The number of alkyl halides is 3. The monoisotopic (exact) mass is 581 g/mol. The maximum atomic E-state index is 13.7. The second-order valence-electron chi connectivity index (χ2n) is 6.93. The normalized spacial score (nSPS) is 12.6. The molecule has 0 saturated heterocycles. The van der Waals surface area contributed by atoms with Crippen LogP contribution in [0.1, 0.15) is 40.2 Å². The first-order valence-electron chi connectivity index (χ1n) is 9.53. The summed E-state index contributed by atoms with van der Waals surface area (Å²) in [4.78, 5) is 24.0. The van der Waals surface area contributed by atoms with E-state index >= 15 is 0 Å². The number of ketones is 1. The summed E-state index contributed by atoms with van der Waals surface area (Å²) in [5, 5.41) is 2.40. The van der Waals surface area contributed by atoms with E-state index in [2.05, 4.69) is 27.8 Å². The lowest BCUT2D eigenvalue weighted by molar-refractivity contribution is -0.139. The smallest absolute Gasteiger partial charge is 0.353 e. The maximum Gasteiger partial charge on any atom is 0.399 e. The van der Waals surface area contributed by atoms with Gasteiger partial charge in [-0.25, -0.2) is 0 Å². The summed E-state index contributed by atoms with van der Waals surface area (Å²) < 4.78 is 41.5. The molecule has 0 heterocycles. The van der Waals surface area contributed by atoms with Crippen LogP contribution in [0.2, 0.25) is 15.1 Å². The van der Waals surface area contributed by atoms with E-state index in [-0.39, 0.29) is 45.2 Å². The van der Waals surface area contributed by atoms with Crippen molar-refractivity contribution in [2.24, 2.45) is 0 Å². The van der Waals surface area contributed by atoms with Gasteiger partial charge >= 0.3 is 6.18 Å².